The second kappa shape index (κ2) is 8.64. The van der Waals surface area contributed by atoms with Crippen molar-refractivity contribution in [1.82, 2.24) is 0 Å². The molecule has 0 heterocycles. The molecule has 0 bridgehead atoms. The molecule has 0 saturated carbocycles. The number of esters is 1. The van der Waals surface area contributed by atoms with Crippen LogP contribution in [0.1, 0.15) is 21.5 Å². The molecule has 0 N–H and O–H groups in total. The van der Waals surface area contributed by atoms with E-state index in [9.17, 15) is 14.9 Å². The molecule has 6 nitrogen and oxygen atoms in total. The molecule has 3 aromatic carbocycles. The summed E-state index contributed by atoms with van der Waals surface area (Å²) in [5.74, 6) is 0.658. The third kappa shape index (κ3) is 4.82. The number of nitrogens with zero attached hydrogens (tertiary/aromatic N) is 1. The van der Waals surface area contributed by atoms with Gasteiger partial charge in [-0.3, -0.25) is 10.1 Å². The molecule has 0 aliphatic rings. The maximum Gasteiger partial charge on any atom is 0.343 e. The van der Waals surface area contributed by atoms with Crippen molar-refractivity contribution in [3.05, 3.63) is 99.6 Å². The first kappa shape index (κ1) is 18.8. The fraction of sp³-hybridized carbons (Fsp3) is 0.0455. The van der Waals surface area contributed by atoms with Gasteiger partial charge in [-0.1, -0.05) is 24.3 Å². The van der Waals surface area contributed by atoms with E-state index in [0.29, 0.717) is 17.1 Å². The van der Waals surface area contributed by atoms with Gasteiger partial charge in [0.1, 0.15) is 11.5 Å². The molecule has 0 unspecified atom stereocenters. The summed E-state index contributed by atoms with van der Waals surface area (Å²) in [6.07, 6.45) is 3.72. The van der Waals surface area contributed by atoms with Crippen LogP contribution in [-0.4, -0.2) is 18.0 Å². The zero-order chi connectivity index (χ0) is 19.9. The first-order valence-corrected chi connectivity index (χ1v) is 8.44. The maximum absolute atomic E-state index is 12.2. The van der Waals surface area contributed by atoms with Gasteiger partial charge in [0.2, 0.25) is 0 Å². The highest BCUT2D eigenvalue weighted by atomic mass is 16.6. The van der Waals surface area contributed by atoms with Crippen LogP contribution in [-0.2, 0) is 0 Å². The smallest absolute Gasteiger partial charge is 0.343 e. The fourth-order valence-electron chi connectivity index (χ4n) is 2.44. The van der Waals surface area contributed by atoms with Crippen LogP contribution in [0.4, 0.5) is 5.69 Å². The van der Waals surface area contributed by atoms with E-state index in [1.807, 2.05) is 24.3 Å². The topological polar surface area (TPSA) is 78.7 Å². The molecule has 0 spiro atoms. The van der Waals surface area contributed by atoms with Gasteiger partial charge in [-0.25, -0.2) is 4.79 Å². The maximum atomic E-state index is 12.2. The third-order valence-electron chi connectivity index (χ3n) is 3.99. The molecule has 140 valence electrons. The number of ether oxygens (including phenoxy) is 2. The number of carbonyl (C=O) groups excluding carboxylic acids is 1. The Morgan fingerprint density at radius 3 is 1.82 bits per heavy atom. The highest BCUT2D eigenvalue weighted by Gasteiger charge is 2.08. The number of hydrogen-bond donors (Lipinski definition) is 0. The van der Waals surface area contributed by atoms with Gasteiger partial charge < -0.3 is 9.47 Å². The Hall–Kier alpha value is -3.93. The van der Waals surface area contributed by atoms with Crippen LogP contribution in [0.25, 0.3) is 12.2 Å². The number of non-ortho nitro benzene ring substituents is 1. The minimum absolute atomic E-state index is 0.0557. The molecule has 0 aromatic heterocycles. The summed E-state index contributed by atoms with van der Waals surface area (Å²) in [5.41, 5.74) is 2.24. The zero-order valence-electron chi connectivity index (χ0n) is 15.1. The number of hydrogen-bond acceptors (Lipinski definition) is 5. The molecule has 0 aliphatic carbocycles. The van der Waals surface area contributed by atoms with Crippen molar-refractivity contribution >= 4 is 23.8 Å². The van der Waals surface area contributed by atoms with E-state index in [4.69, 9.17) is 9.47 Å². The monoisotopic (exact) mass is 375 g/mol. The van der Waals surface area contributed by atoms with Crippen molar-refractivity contribution in [2.75, 3.05) is 7.11 Å². The summed E-state index contributed by atoms with van der Waals surface area (Å²) in [6.45, 7) is 0. The molecule has 3 aromatic rings. The Bertz CT molecular complexity index is 991. The first-order valence-electron chi connectivity index (χ1n) is 8.44. The first-order chi connectivity index (χ1) is 13.5. The van der Waals surface area contributed by atoms with E-state index in [1.54, 1.807) is 55.6 Å². The summed E-state index contributed by atoms with van der Waals surface area (Å²) >= 11 is 0. The van der Waals surface area contributed by atoms with Crippen LogP contribution in [0.5, 0.6) is 11.5 Å². The van der Waals surface area contributed by atoms with Gasteiger partial charge in [-0.15, -0.1) is 0 Å². The lowest BCUT2D eigenvalue weighted by atomic mass is 10.1. The summed E-state index contributed by atoms with van der Waals surface area (Å²) in [6, 6.07) is 20.0. The molecular weight excluding hydrogens is 358 g/mol. The summed E-state index contributed by atoms with van der Waals surface area (Å²) in [7, 11) is 1.56. The molecule has 3 rings (SSSR count). The van der Waals surface area contributed by atoms with E-state index in [-0.39, 0.29) is 5.69 Å². The molecule has 0 fully saturated rings. The minimum Gasteiger partial charge on any atom is -0.497 e. The predicted octanol–water partition coefficient (Wildman–Crippen LogP) is 4.99. The van der Waals surface area contributed by atoms with Crippen LogP contribution in [0.3, 0.4) is 0 Å². The van der Waals surface area contributed by atoms with Gasteiger partial charge in [0.25, 0.3) is 5.69 Å². The van der Waals surface area contributed by atoms with Crippen molar-refractivity contribution in [3.8, 4) is 11.5 Å². The second-order valence-corrected chi connectivity index (χ2v) is 5.87. The Labute approximate surface area is 161 Å². The van der Waals surface area contributed by atoms with Gasteiger partial charge in [-0.05, 0) is 59.7 Å². The Morgan fingerprint density at radius 1 is 0.821 bits per heavy atom. The molecule has 0 amide bonds. The van der Waals surface area contributed by atoms with Crippen molar-refractivity contribution < 1.29 is 19.2 Å². The van der Waals surface area contributed by atoms with E-state index < -0.39 is 10.9 Å². The molecule has 0 radical (unpaired) electrons. The standard InChI is InChI=1S/C22H17NO5/c1-27-20-14-8-18(9-15-20)22(24)28-21-12-6-17(7-13-21)3-2-16-4-10-19(11-5-16)23(25)26/h2-15H,1H3/b3-2-. The van der Waals surface area contributed by atoms with Crippen molar-refractivity contribution in [3.63, 3.8) is 0 Å². The lowest BCUT2D eigenvalue weighted by Gasteiger charge is -2.05. The van der Waals surface area contributed by atoms with Crippen LogP contribution in [0, 0.1) is 10.1 Å². The lowest BCUT2D eigenvalue weighted by molar-refractivity contribution is -0.384. The quantitative estimate of drug-likeness (QED) is 0.199. The highest BCUT2D eigenvalue weighted by molar-refractivity contribution is 5.91. The van der Waals surface area contributed by atoms with Crippen LogP contribution >= 0.6 is 0 Å². The van der Waals surface area contributed by atoms with Crippen molar-refractivity contribution in [1.29, 1.82) is 0 Å². The zero-order valence-corrected chi connectivity index (χ0v) is 15.1. The third-order valence-corrected chi connectivity index (χ3v) is 3.99. The van der Waals surface area contributed by atoms with Crippen LogP contribution in [0.15, 0.2) is 72.8 Å². The van der Waals surface area contributed by atoms with Gasteiger partial charge in [0.15, 0.2) is 0 Å². The van der Waals surface area contributed by atoms with Gasteiger partial charge in [0.05, 0.1) is 17.6 Å². The Morgan fingerprint density at radius 2 is 1.32 bits per heavy atom. The Kier molecular flexibility index (Phi) is 5.81. The molecule has 6 heteroatoms. The Balaban J connectivity index is 1.62. The summed E-state index contributed by atoms with van der Waals surface area (Å²) in [4.78, 5) is 22.4. The number of nitro groups is 1. The van der Waals surface area contributed by atoms with Crippen molar-refractivity contribution in [2.24, 2.45) is 0 Å². The van der Waals surface area contributed by atoms with Crippen LogP contribution < -0.4 is 9.47 Å². The van der Waals surface area contributed by atoms with E-state index in [0.717, 1.165) is 11.1 Å². The fourth-order valence-corrected chi connectivity index (χ4v) is 2.44. The predicted molar refractivity (Wildman–Crippen MR) is 106 cm³/mol. The van der Waals surface area contributed by atoms with E-state index in [2.05, 4.69) is 0 Å². The molecule has 0 aliphatic heterocycles. The average molecular weight is 375 g/mol. The molecule has 0 saturated heterocycles. The van der Waals surface area contributed by atoms with E-state index in [1.165, 1.54) is 12.1 Å². The van der Waals surface area contributed by atoms with Crippen molar-refractivity contribution in [2.45, 2.75) is 0 Å². The summed E-state index contributed by atoms with van der Waals surface area (Å²) in [5, 5.41) is 10.7. The molecular formula is C22H17NO5. The molecule has 28 heavy (non-hydrogen) atoms. The van der Waals surface area contributed by atoms with Gasteiger partial charge in [-0.2, -0.15) is 0 Å². The highest BCUT2D eigenvalue weighted by Crippen LogP contribution is 2.18. The summed E-state index contributed by atoms with van der Waals surface area (Å²) < 4.78 is 10.4. The number of rotatable bonds is 6. The number of methoxy groups -OCH3 is 1. The van der Waals surface area contributed by atoms with Crippen LogP contribution in [0.2, 0.25) is 0 Å². The SMILES string of the molecule is COc1ccc(C(=O)Oc2ccc(/C=C\c3ccc([N+](=O)[O-])cc3)cc2)cc1. The number of nitro benzene ring substituents is 1. The van der Waals surface area contributed by atoms with Gasteiger partial charge >= 0.3 is 5.97 Å². The normalized spacial score (nSPS) is 10.6. The largest absolute Gasteiger partial charge is 0.497 e. The minimum atomic E-state index is -0.447. The number of benzene rings is 3. The average Bonchev–Trinajstić information content (AvgIpc) is 2.73. The van der Waals surface area contributed by atoms with E-state index >= 15 is 0 Å². The molecule has 0 atom stereocenters. The number of carbonyl (C=O) groups is 1. The second-order valence-electron chi connectivity index (χ2n) is 5.87. The van der Waals surface area contributed by atoms with Gasteiger partial charge in [0, 0.05) is 12.1 Å². The lowest BCUT2D eigenvalue weighted by Crippen LogP contribution is -2.08.